The lowest BCUT2D eigenvalue weighted by atomic mass is 9.99. The van der Waals surface area contributed by atoms with Gasteiger partial charge in [-0.05, 0) is 37.5 Å². The molecule has 0 saturated carbocycles. The molecule has 0 aromatic rings. The van der Waals surface area contributed by atoms with Crippen molar-refractivity contribution in [3.05, 3.63) is 0 Å². The first-order valence-electron chi connectivity index (χ1n) is 40.0. The number of phosphoric acid groups is 2. The summed E-state index contributed by atoms with van der Waals surface area (Å²) in [5.74, 6) is -0.527. The number of carbonyl (C=O) groups excluding carboxylic acids is 4. The molecule has 0 saturated heterocycles. The van der Waals surface area contributed by atoms with Gasteiger partial charge in [0.05, 0.1) is 26.4 Å². The molecule has 0 heterocycles. The zero-order valence-corrected chi connectivity index (χ0v) is 64.5. The summed E-state index contributed by atoms with van der Waals surface area (Å²) in [6.07, 6.45) is 56.6. The first-order valence-corrected chi connectivity index (χ1v) is 43.0. The lowest BCUT2D eigenvalue weighted by molar-refractivity contribution is -0.161. The largest absolute Gasteiger partial charge is 0.472 e. The molecule has 0 aliphatic carbocycles. The molecule has 0 amide bonds. The maximum absolute atomic E-state index is 13.1. The molecule has 0 fully saturated rings. The fraction of sp³-hybridized carbons (Fsp3) is 0.948. The normalized spacial score (nSPS) is 14.3. The van der Waals surface area contributed by atoms with Crippen LogP contribution in [0.1, 0.15) is 401 Å². The van der Waals surface area contributed by atoms with Gasteiger partial charge in [-0.15, -0.1) is 0 Å². The lowest BCUT2D eigenvalue weighted by Crippen LogP contribution is -2.30. The van der Waals surface area contributed by atoms with Gasteiger partial charge in [-0.1, -0.05) is 350 Å². The van der Waals surface area contributed by atoms with Gasteiger partial charge in [-0.3, -0.25) is 37.3 Å². The first-order chi connectivity index (χ1) is 46.4. The molecule has 3 N–H and O–H groups in total. The predicted octanol–water partition coefficient (Wildman–Crippen LogP) is 22.7. The average molecular weight is 1410 g/mol. The van der Waals surface area contributed by atoms with Crippen molar-refractivity contribution in [3.63, 3.8) is 0 Å². The van der Waals surface area contributed by atoms with E-state index in [1.165, 1.54) is 218 Å². The number of aliphatic hydroxyl groups excluding tert-OH is 1. The van der Waals surface area contributed by atoms with E-state index >= 15 is 0 Å². The highest BCUT2D eigenvalue weighted by Crippen LogP contribution is 2.45. The van der Waals surface area contributed by atoms with E-state index in [2.05, 4.69) is 41.5 Å². The van der Waals surface area contributed by atoms with Crippen molar-refractivity contribution in [3.8, 4) is 0 Å². The monoisotopic (exact) mass is 1410 g/mol. The lowest BCUT2D eigenvalue weighted by Gasteiger charge is -2.21. The van der Waals surface area contributed by atoms with Crippen LogP contribution in [0.25, 0.3) is 0 Å². The maximum atomic E-state index is 13.1. The number of aliphatic hydroxyl groups is 1. The van der Waals surface area contributed by atoms with E-state index in [-0.39, 0.29) is 25.7 Å². The molecule has 0 rings (SSSR count). The van der Waals surface area contributed by atoms with Gasteiger partial charge in [-0.2, -0.15) is 0 Å². The Kier molecular flexibility index (Phi) is 67.4. The number of hydrogen-bond acceptors (Lipinski definition) is 15. The predicted molar refractivity (Wildman–Crippen MR) is 391 cm³/mol. The fourth-order valence-electron chi connectivity index (χ4n) is 11.8. The van der Waals surface area contributed by atoms with Crippen molar-refractivity contribution < 1.29 is 80.2 Å². The second kappa shape index (κ2) is 68.8. The summed E-state index contributed by atoms with van der Waals surface area (Å²) in [6, 6.07) is 0. The molecule has 3 unspecified atom stereocenters. The van der Waals surface area contributed by atoms with E-state index < -0.39 is 97.5 Å². The van der Waals surface area contributed by atoms with Crippen LogP contribution in [0.3, 0.4) is 0 Å². The summed E-state index contributed by atoms with van der Waals surface area (Å²) in [6.45, 7) is 9.65. The van der Waals surface area contributed by atoms with Crippen LogP contribution in [0.4, 0.5) is 0 Å². The summed E-state index contributed by atoms with van der Waals surface area (Å²) in [4.78, 5) is 72.9. The fourth-order valence-corrected chi connectivity index (χ4v) is 13.4. The summed E-state index contributed by atoms with van der Waals surface area (Å²) in [5, 5.41) is 10.6. The Bertz CT molecular complexity index is 1860. The van der Waals surface area contributed by atoms with Crippen molar-refractivity contribution >= 4 is 39.5 Å². The minimum Gasteiger partial charge on any atom is -0.462 e. The molecule has 19 heteroatoms. The first kappa shape index (κ1) is 94.1. The van der Waals surface area contributed by atoms with Gasteiger partial charge in [0.15, 0.2) is 12.2 Å². The topological polar surface area (TPSA) is 237 Å². The third-order valence-electron chi connectivity index (χ3n) is 18.3. The molecular formula is C77H150O17P2. The zero-order chi connectivity index (χ0) is 70.7. The minimum atomic E-state index is -4.96. The number of unbranched alkanes of at least 4 members (excludes halogenated alkanes) is 45. The van der Waals surface area contributed by atoms with Gasteiger partial charge >= 0.3 is 39.5 Å². The Morgan fingerprint density at radius 2 is 0.531 bits per heavy atom. The van der Waals surface area contributed by atoms with Crippen molar-refractivity contribution in [1.82, 2.24) is 0 Å². The van der Waals surface area contributed by atoms with Crippen LogP contribution in [0.2, 0.25) is 0 Å². The number of rotatable bonds is 76. The number of carbonyl (C=O) groups is 4. The smallest absolute Gasteiger partial charge is 0.462 e. The molecule has 0 aliphatic rings. The molecule has 0 radical (unpaired) electrons. The Morgan fingerprint density at radius 3 is 0.792 bits per heavy atom. The van der Waals surface area contributed by atoms with Gasteiger partial charge in [0.2, 0.25) is 0 Å². The third kappa shape index (κ3) is 69.2. The molecule has 0 spiro atoms. The standard InChI is InChI=1S/C77H150O17P2/c1-7-10-12-14-16-18-20-21-22-23-24-30-37-43-49-55-61-76(81)93-72(66-88-75(80)60-54-48-42-36-29-26-25-28-33-39-45-51-57-69(4)5)67-91-95(83,84)89-63-71(78)64-90-96(85,86)92-68-73(65-87-74(79)59-53-47-41-35-27-19-17-15-13-11-8-2)94-77(82)62-56-50-44-38-32-31-34-40-46-52-58-70(6)9-3/h69-73,78H,7-68H2,1-6H3,(H,83,84)(H,85,86)/t70?,71-,72-,73-/m1/s1. The molecule has 0 aromatic carbocycles. The van der Waals surface area contributed by atoms with E-state index in [1.54, 1.807) is 0 Å². The highest BCUT2D eigenvalue weighted by atomic mass is 31.2. The zero-order valence-electron chi connectivity index (χ0n) is 62.7. The number of hydrogen-bond donors (Lipinski definition) is 3. The quantitative estimate of drug-likeness (QED) is 0.0222. The van der Waals surface area contributed by atoms with Gasteiger partial charge in [-0.25, -0.2) is 9.13 Å². The van der Waals surface area contributed by atoms with Crippen LogP contribution >= 0.6 is 15.6 Å². The SMILES string of the molecule is CCCCCCCCCCCCCCCCCCC(=O)O[C@H](COC(=O)CCCCCCCCCCCCCCC(C)C)COP(=O)(O)OC[C@@H](O)COP(=O)(O)OC[C@@H](COC(=O)CCCCCCCCCCCCC)OC(=O)CCCCCCCCCCCCC(C)CC. The maximum Gasteiger partial charge on any atom is 0.472 e. The van der Waals surface area contributed by atoms with E-state index in [0.29, 0.717) is 25.7 Å². The minimum absolute atomic E-state index is 0.107. The summed E-state index contributed by atoms with van der Waals surface area (Å²) < 4.78 is 68.6. The van der Waals surface area contributed by atoms with Crippen molar-refractivity contribution in [1.29, 1.82) is 0 Å². The Hall–Kier alpha value is -1.94. The number of phosphoric ester groups is 2. The van der Waals surface area contributed by atoms with Crippen LogP contribution in [0.5, 0.6) is 0 Å². The van der Waals surface area contributed by atoms with Crippen LogP contribution < -0.4 is 0 Å². The van der Waals surface area contributed by atoms with Crippen LogP contribution in [0, 0.1) is 11.8 Å². The number of ether oxygens (including phenoxy) is 4. The molecule has 0 bridgehead atoms. The highest BCUT2D eigenvalue weighted by molar-refractivity contribution is 7.47. The molecule has 96 heavy (non-hydrogen) atoms. The average Bonchev–Trinajstić information content (AvgIpc) is 1.22. The summed E-state index contributed by atoms with van der Waals surface area (Å²) >= 11 is 0. The van der Waals surface area contributed by atoms with Gasteiger partial charge in [0.25, 0.3) is 0 Å². The van der Waals surface area contributed by atoms with Crippen molar-refractivity contribution in [2.75, 3.05) is 39.6 Å². The molecule has 570 valence electrons. The second-order valence-electron chi connectivity index (χ2n) is 28.5. The van der Waals surface area contributed by atoms with Gasteiger partial charge in [0.1, 0.15) is 19.3 Å². The molecular weight excluding hydrogens is 1260 g/mol. The van der Waals surface area contributed by atoms with E-state index in [9.17, 15) is 43.2 Å². The third-order valence-corrected chi connectivity index (χ3v) is 20.2. The second-order valence-corrected chi connectivity index (χ2v) is 31.4. The Labute approximate surface area is 588 Å². The molecule has 17 nitrogen and oxygen atoms in total. The van der Waals surface area contributed by atoms with E-state index in [0.717, 1.165) is 102 Å². The highest BCUT2D eigenvalue weighted by Gasteiger charge is 2.30. The van der Waals surface area contributed by atoms with Crippen molar-refractivity contribution in [2.45, 2.75) is 419 Å². The summed E-state index contributed by atoms with van der Waals surface area (Å²) in [7, 11) is -9.91. The summed E-state index contributed by atoms with van der Waals surface area (Å²) in [5.41, 5.74) is 0. The van der Waals surface area contributed by atoms with Gasteiger partial charge < -0.3 is 33.8 Å². The van der Waals surface area contributed by atoms with Crippen LogP contribution in [-0.4, -0.2) is 96.7 Å². The van der Waals surface area contributed by atoms with Gasteiger partial charge in [0, 0.05) is 25.7 Å². The van der Waals surface area contributed by atoms with E-state index in [4.69, 9.17) is 37.0 Å². The van der Waals surface area contributed by atoms with Crippen LogP contribution in [-0.2, 0) is 65.4 Å². The van der Waals surface area contributed by atoms with Crippen LogP contribution in [0.15, 0.2) is 0 Å². The Morgan fingerprint density at radius 1 is 0.302 bits per heavy atom. The molecule has 0 aromatic heterocycles. The Balaban J connectivity index is 5.26. The molecule has 6 atom stereocenters. The van der Waals surface area contributed by atoms with E-state index in [1.807, 2.05) is 0 Å². The number of esters is 4. The van der Waals surface area contributed by atoms with Crippen molar-refractivity contribution in [2.24, 2.45) is 11.8 Å². The molecule has 0 aliphatic heterocycles.